The smallest absolute Gasteiger partial charge is 0.206 e. The first-order valence-corrected chi connectivity index (χ1v) is 4.70. The Labute approximate surface area is 84.0 Å². The highest BCUT2D eigenvalue weighted by Crippen LogP contribution is 2.38. The van der Waals surface area contributed by atoms with Crippen molar-refractivity contribution in [1.82, 2.24) is 0 Å². The Hall–Kier alpha value is -0.920. The van der Waals surface area contributed by atoms with Gasteiger partial charge in [-0.15, -0.1) is 0 Å². The normalized spacial score (nSPS) is 13.0. The van der Waals surface area contributed by atoms with Gasteiger partial charge < -0.3 is 0 Å². The molecule has 2 heteroatoms. The van der Waals surface area contributed by atoms with Crippen molar-refractivity contribution in [2.24, 2.45) is 0 Å². The molecule has 0 aliphatic carbocycles. The van der Waals surface area contributed by atoms with Crippen molar-refractivity contribution < 1.29 is 8.78 Å². The molecule has 1 aromatic carbocycles. The summed E-state index contributed by atoms with van der Waals surface area (Å²) in [5.41, 5.74) is 0.653. The highest BCUT2D eigenvalue weighted by Gasteiger charge is 2.43. The van der Waals surface area contributed by atoms with E-state index in [1.54, 1.807) is 26.0 Å². The number of aryl methyl sites for hydroxylation is 1. The molecule has 0 atom stereocenters. The van der Waals surface area contributed by atoms with E-state index < -0.39 is 11.3 Å². The Bertz CT molecular complexity index is 304. The van der Waals surface area contributed by atoms with Gasteiger partial charge in [-0.1, -0.05) is 43.7 Å². The predicted octanol–water partition coefficient (Wildman–Crippen LogP) is 3.93. The van der Waals surface area contributed by atoms with Crippen LogP contribution in [0.3, 0.4) is 0 Å². The first kappa shape index (κ1) is 11.2. The summed E-state index contributed by atoms with van der Waals surface area (Å²) in [6.07, 6.45) is 0. The Morgan fingerprint density at radius 3 is 1.71 bits per heavy atom. The van der Waals surface area contributed by atoms with Gasteiger partial charge in [0.15, 0.2) is 0 Å². The molecule has 0 spiro atoms. The van der Waals surface area contributed by atoms with E-state index in [2.05, 4.69) is 0 Å². The topological polar surface area (TPSA) is 0 Å². The predicted molar refractivity (Wildman–Crippen MR) is 54.8 cm³/mol. The van der Waals surface area contributed by atoms with E-state index in [4.69, 9.17) is 0 Å². The monoisotopic (exact) mass is 198 g/mol. The van der Waals surface area contributed by atoms with Crippen LogP contribution in [-0.4, -0.2) is 5.92 Å². The quantitative estimate of drug-likeness (QED) is 0.675. The molecule has 0 N–H and O–H groups in total. The van der Waals surface area contributed by atoms with Crippen LogP contribution in [0.4, 0.5) is 8.78 Å². The lowest BCUT2D eigenvalue weighted by atomic mass is 9.79. The van der Waals surface area contributed by atoms with E-state index in [0.717, 1.165) is 12.5 Å². The maximum atomic E-state index is 13.3. The first-order chi connectivity index (χ1) is 6.25. The maximum Gasteiger partial charge on any atom is 0.254 e. The highest BCUT2D eigenvalue weighted by atomic mass is 19.3. The van der Waals surface area contributed by atoms with E-state index in [0.29, 0.717) is 5.56 Å². The molecule has 0 aliphatic rings. The summed E-state index contributed by atoms with van der Waals surface area (Å²) in [6, 6.07) is 7.27. The number of hydrogen-bond donors (Lipinski definition) is 0. The second-order valence-corrected chi connectivity index (χ2v) is 4.38. The maximum absolute atomic E-state index is 13.3. The van der Waals surface area contributed by atoms with Crippen molar-refractivity contribution in [2.75, 3.05) is 0 Å². The largest absolute Gasteiger partial charge is 0.254 e. The summed E-state index contributed by atoms with van der Waals surface area (Å²) >= 11 is 0. The number of rotatable bonds is 2. The number of alkyl halides is 2. The molecule has 0 unspecified atom stereocenters. The molecule has 0 heterocycles. The highest BCUT2D eigenvalue weighted by molar-refractivity contribution is 5.29. The Morgan fingerprint density at radius 2 is 1.36 bits per heavy atom. The minimum Gasteiger partial charge on any atom is -0.206 e. The molecule has 1 aromatic rings. The zero-order chi connectivity index (χ0) is 11.0. The zero-order valence-electron chi connectivity index (χ0n) is 9.07. The van der Waals surface area contributed by atoms with E-state index in [1.165, 1.54) is 0 Å². The molecule has 14 heavy (non-hydrogen) atoms. The molecule has 0 amide bonds. The van der Waals surface area contributed by atoms with Gasteiger partial charge in [-0.05, 0) is 12.5 Å². The van der Waals surface area contributed by atoms with Crippen LogP contribution in [0.5, 0.6) is 0 Å². The summed E-state index contributed by atoms with van der Waals surface area (Å²) in [6.45, 7) is 6.04. The molecule has 1 rings (SSSR count). The molecule has 0 aromatic heterocycles. The second-order valence-electron chi connectivity index (χ2n) is 4.38. The van der Waals surface area contributed by atoms with Crippen LogP contribution in [0.25, 0.3) is 0 Å². The summed E-state index contributed by atoms with van der Waals surface area (Å²) in [7, 11) is 0. The summed E-state index contributed by atoms with van der Waals surface area (Å²) in [4.78, 5) is 0. The molecular weight excluding hydrogens is 182 g/mol. The van der Waals surface area contributed by atoms with Crippen molar-refractivity contribution in [2.45, 2.75) is 39.0 Å². The van der Waals surface area contributed by atoms with Crippen LogP contribution in [0.15, 0.2) is 24.3 Å². The standard InChI is InChI=1S/C12H16F2/c1-9-5-7-10(8-6-9)11(2,3)12(4,13)14/h5-8H,1-4H3. The lowest BCUT2D eigenvalue weighted by Crippen LogP contribution is -2.37. The number of halogens is 2. The van der Waals surface area contributed by atoms with Crippen molar-refractivity contribution in [3.63, 3.8) is 0 Å². The molecule has 0 saturated carbocycles. The number of hydrogen-bond acceptors (Lipinski definition) is 0. The summed E-state index contributed by atoms with van der Waals surface area (Å²) < 4.78 is 26.6. The van der Waals surface area contributed by atoms with Gasteiger partial charge in [0.1, 0.15) is 0 Å². The number of benzene rings is 1. The molecule has 0 radical (unpaired) electrons. The van der Waals surface area contributed by atoms with E-state index in [-0.39, 0.29) is 0 Å². The van der Waals surface area contributed by atoms with Gasteiger partial charge in [-0.3, -0.25) is 0 Å². The lowest BCUT2D eigenvalue weighted by Gasteiger charge is -2.31. The molecule has 0 fully saturated rings. The van der Waals surface area contributed by atoms with Crippen molar-refractivity contribution in [1.29, 1.82) is 0 Å². The molecule has 0 aliphatic heterocycles. The summed E-state index contributed by atoms with van der Waals surface area (Å²) in [5.74, 6) is -2.71. The third-order valence-electron chi connectivity index (χ3n) is 2.87. The Kier molecular flexibility index (Phi) is 2.66. The first-order valence-electron chi connectivity index (χ1n) is 4.70. The lowest BCUT2D eigenvalue weighted by molar-refractivity contribution is -0.0467. The molecular formula is C12H16F2. The van der Waals surface area contributed by atoms with Gasteiger partial charge in [-0.2, -0.15) is 0 Å². The fourth-order valence-electron chi connectivity index (χ4n) is 1.22. The molecule has 0 saturated heterocycles. The van der Waals surface area contributed by atoms with Crippen LogP contribution in [0.2, 0.25) is 0 Å². The van der Waals surface area contributed by atoms with Crippen LogP contribution in [0, 0.1) is 6.92 Å². The second kappa shape index (κ2) is 3.34. The van der Waals surface area contributed by atoms with Crippen LogP contribution in [-0.2, 0) is 5.41 Å². The fraction of sp³-hybridized carbons (Fsp3) is 0.500. The Morgan fingerprint density at radius 1 is 0.929 bits per heavy atom. The van der Waals surface area contributed by atoms with Crippen molar-refractivity contribution >= 4 is 0 Å². The van der Waals surface area contributed by atoms with Crippen molar-refractivity contribution in [3.05, 3.63) is 35.4 Å². The third-order valence-corrected chi connectivity index (χ3v) is 2.87. The molecule has 0 bridgehead atoms. The summed E-state index contributed by atoms with van der Waals surface area (Å²) in [5, 5.41) is 0. The van der Waals surface area contributed by atoms with Gasteiger partial charge >= 0.3 is 0 Å². The van der Waals surface area contributed by atoms with E-state index in [9.17, 15) is 8.78 Å². The van der Waals surface area contributed by atoms with E-state index >= 15 is 0 Å². The van der Waals surface area contributed by atoms with Crippen LogP contribution >= 0.6 is 0 Å². The zero-order valence-corrected chi connectivity index (χ0v) is 9.07. The molecule has 78 valence electrons. The Balaban J connectivity index is 3.10. The van der Waals surface area contributed by atoms with Crippen LogP contribution < -0.4 is 0 Å². The van der Waals surface area contributed by atoms with E-state index in [1.807, 2.05) is 19.1 Å². The SMILES string of the molecule is Cc1ccc(C(C)(C)C(C)(F)F)cc1. The van der Waals surface area contributed by atoms with Gasteiger partial charge in [0.05, 0.1) is 5.41 Å². The minimum absolute atomic E-state index is 0.676. The van der Waals surface area contributed by atoms with Crippen molar-refractivity contribution in [3.8, 4) is 0 Å². The van der Waals surface area contributed by atoms with Gasteiger partial charge in [0.25, 0.3) is 5.92 Å². The average molecular weight is 198 g/mol. The van der Waals surface area contributed by atoms with Gasteiger partial charge in [0.2, 0.25) is 0 Å². The third kappa shape index (κ3) is 1.94. The van der Waals surface area contributed by atoms with Gasteiger partial charge in [-0.25, -0.2) is 8.78 Å². The average Bonchev–Trinajstić information content (AvgIpc) is 2.03. The molecule has 0 nitrogen and oxygen atoms in total. The minimum atomic E-state index is -2.71. The van der Waals surface area contributed by atoms with Crippen LogP contribution in [0.1, 0.15) is 31.9 Å². The fourth-order valence-corrected chi connectivity index (χ4v) is 1.22. The van der Waals surface area contributed by atoms with Gasteiger partial charge in [0, 0.05) is 6.92 Å².